The molecule has 0 amide bonds. The number of hydrogen-bond donors (Lipinski definition) is 1. The maximum atomic E-state index is 14.0. The molecule has 0 aliphatic heterocycles. The van der Waals surface area contributed by atoms with E-state index in [0.717, 1.165) is 38.9 Å². The number of halogens is 1. The van der Waals surface area contributed by atoms with Gasteiger partial charge in [0.25, 0.3) is 0 Å². The van der Waals surface area contributed by atoms with Crippen LogP contribution in [0.5, 0.6) is 0 Å². The van der Waals surface area contributed by atoms with Gasteiger partial charge in [-0.2, -0.15) is 0 Å². The molecule has 0 aliphatic carbocycles. The van der Waals surface area contributed by atoms with Crippen molar-refractivity contribution >= 4 is 33.2 Å². The highest BCUT2D eigenvalue weighted by atomic mass is 19.1. The Morgan fingerprint density at radius 2 is 1.22 bits per heavy atom. The van der Waals surface area contributed by atoms with Crippen molar-refractivity contribution in [2.45, 2.75) is 0 Å². The van der Waals surface area contributed by atoms with Crippen LogP contribution in [0.2, 0.25) is 0 Å². The lowest BCUT2D eigenvalue weighted by molar-refractivity contribution is 0.629. The second-order valence-electron chi connectivity index (χ2n) is 6.56. The Kier molecular flexibility index (Phi) is 3.65. The molecule has 4 aromatic carbocycles. The molecule has 1 N–H and O–H groups in total. The lowest BCUT2D eigenvalue weighted by atomic mass is 10.1. The number of fused-ring (bicyclic) bond motifs is 3. The molecule has 0 unspecified atom stereocenters. The van der Waals surface area contributed by atoms with Gasteiger partial charge in [-0.05, 0) is 60.7 Å². The average Bonchev–Trinajstić information content (AvgIpc) is 3.02. The molecule has 0 radical (unpaired) electrons. The van der Waals surface area contributed by atoms with Crippen molar-refractivity contribution in [3.8, 4) is 5.69 Å². The second kappa shape index (κ2) is 6.29. The molecule has 5 rings (SSSR count). The molecule has 0 saturated heterocycles. The predicted octanol–water partition coefficient (Wildman–Crippen LogP) is 6.67. The van der Waals surface area contributed by atoms with E-state index >= 15 is 0 Å². The van der Waals surface area contributed by atoms with Crippen LogP contribution in [0.25, 0.3) is 27.5 Å². The van der Waals surface area contributed by atoms with Crippen LogP contribution >= 0.6 is 0 Å². The first-order chi connectivity index (χ1) is 13.3. The van der Waals surface area contributed by atoms with Crippen LogP contribution in [-0.4, -0.2) is 4.57 Å². The number of aromatic nitrogens is 1. The van der Waals surface area contributed by atoms with E-state index in [1.165, 1.54) is 6.07 Å². The smallest absolute Gasteiger partial charge is 0.123 e. The first kappa shape index (κ1) is 15.6. The van der Waals surface area contributed by atoms with Crippen molar-refractivity contribution < 1.29 is 4.39 Å². The highest BCUT2D eigenvalue weighted by molar-refractivity contribution is 6.10. The number of rotatable bonds is 3. The monoisotopic (exact) mass is 352 g/mol. The molecule has 5 aromatic rings. The van der Waals surface area contributed by atoms with Crippen LogP contribution in [0.15, 0.2) is 97.1 Å². The lowest BCUT2D eigenvalue weighted by Gasteiger charge is -2.09. The van der Waals surface area contributed by atoms with Crippen molar-refractivity contribution in [3.05, 3.63) is 103 Å². The molecule has 27 heavy (non-hydrogen) atoms. The van der Waals surface area contributed by atoms with Gasteiger partial charge in [0.1, 0.15) is 5.82 Å². The third kappa shape index (κ3) is 2.74. The summed E-state index contributed by atoms with van der Waals surface area (Å²) in [6.07, 6.45) is 0. The van der Waals surface area contributed by atoms with Gasteiger partial charge in [-0.1, -0.05) is 36.4 Å². The van der Waals surface area contributed by atoms with Crippen molar-refractivity contribution in [1.82, 2.24) is 4.57 Å². The molecule has 0 bridgehead atoms. The zero-order chi connectivity index (χ0) is 18.2. The van der Waals surface area contributed by atoms with Gasteiger partial charge in [-0.15, -0.1) is 0 Å². The molecule has 0 aliphatic rings. The summed E-state index contributed by atoms with van der Waals surface area (Å²) in [5.74, 6) is -0.226. The molecule has 1 aromatic heterocycles. The number of para-hydroxylation sites is 2. The minimum Gasteiger partial charge on any atom is -0.356 e. The van der Waals surface area contributed by atoms with E-state index in [2.05, 4.69) is 40.2 Å². The van der Waals surface area contributed by atoms with E-state index in [1.54, 1.807) is 6.07 Å². The number of hydrogen-bond acceptors (Lipinski definition) is 1. The zero-order valence-corrected chi connectivity index (χ0v) is 14.6. The van der Waals surface area contributed by atoms with Gasteiger partial charge in [0.15, 0.2) is 0 Å². The molecule has 2 nitrogen and oxygen atoms in total. The quantitative estimate of drug-likeness (QED) is 0.384. The summed E-state index contributed by atoms with van der Waals surface area (Å²) in [6.45, 7) is 0. The van der Waals surface area contributed by atoms with Crippen LogP contribution in [0.1, 0.15) is 0 Å². The number of nitrogens with zero attached hydrogens (tertiary/aromatic N) is 1. The Morgan fingerprint density at radius 3 is 1.96 bits per heavy atom. The molecule has 1 heterocycles. The highest BCUT2D eigenvalue weighted by Crippen LogP contribution is 2.34. The zero-order valence-electron chi connectivity index (χ0n) is 14.6. The van der Waals surface area contributed by atoms with Crippen LogP contribution in [0.4, 0.5) is 15.8 Å². The SMILES string of the molecule is Fc1ccc2c(c1)c1cc(Nc3ccccc3)ccc1n2-c1ccccc1. The van der Waals surface area contributed by atoms with Gasteiger partial charge in [0, 0.05) is 27.8 Å². The molecule has 130 valence electrons. The summed E-state index contributed by atoms with van der Waals surface area (Å²) in [4.78, 5) is 0. The fraction of sp³-hybridized carbons (Fsp3) is 0. The van der Waals surface area contributed by atoms with E-state index in [-0.39, 0.29) is 5.82 Å². The van der Waals surface area contributed by atoms with Crippen LogP contribution in [0.3, 0.4) is 0 Å². The summed E-state index contributed by atoms with van der Waals surface area (Å²) in [6, 6.07) is 31.4. The van der Waals surface area contributed by atoms with Gasteiger partial charge in [0.2, 0.25) is 0 Å². The molecular weight excluding hydrogens is 335 g/mol. The number of benzene rings is 4. The summed E-state index contributed by atoms with van der Waals surface area (Å²) >= 11 is 0. The second-order valence-corrected chi connectivity index (χ2v) is 6.56. The Bertz CT molecular complexity index is 1240. The Hall–Kier alpha value is -3.59. The lowest BCUT2D eigenvalue weighted by Crippen LogP contribution is -1.93. The Morgan fingerprint density at radius 1 is 0.593 bits per heavy atom. The maximum absolute atomic E-state index is 14.0. The molecule has 3 heteroatoms. The normalized spacial score (nSPS) is 11.1. The molecular formula is C24H17FN2. The summed E-state index contributed by atoms with van der Waals surface area (Å²) < 4.78 is 16.2. The fourth-order valence-electron chi connectivity index (χ4n) is 3.62. The highest BCUT2D eigenvalue weighted by Gasteiger charge is 2.13. The van der Waals surface area contributed by atoms with Gasteiger partial charge < -0.3 is 9.88 Å². The average molecular weight is 352 g/mol. The summed E-state index contributed by atoms with van der Waals surface area (Å²) in [5.41, 5.74) is 5.11. The maximum Gasteiger partial charge on any atom is 0.123 e. The third-order valence-corrected chi connectivity index (χ3v) is 4.80. The first-order valence-electron chi connectivity index (χ1n) is 8.91. The van der Waals surface area contributed by atoms with Crippen molar-refractivity contribution in [1.29, 1.82) is 0 Å². The first-order valence-corrected chi connectivity index (χ1v) is 8.91. The van der Waals surface area contributed by atoms with Gasteiger partial charge >= 0.3 is 0 Å². The minimum absolute atomic E-state index is 0.226. The third-order valence-electron chi connectivity index (χ3n) is 4.80. The Balaban J connectivity index is 1.75. The topological polar surface area (TPSA) is 17.0 Å². The van der Waals surface area contributed by atoms with E-state index in [9.17, 15) is 4.39 Å². The van der Waals surface area contributed by atoms with E-state index < -0.39 is 0 Å². The van der Waals surface area contributed by atoms with E-state index in [0.29, 0.717) is 0 Å². The van der Waals surface area contributed by atoms with E-state index in [4.69, 9.17) is 0 Å². The van der Waals surface area contributed by atoms with E-state index in [1.807, 2.05) is 54.6 Å². The van der Waals surface area contributed by atoms with Crippen LogP contribution in [-0.2, 0) is 0 Å². The van der Waals surface area contributed by atoms with Gasteiger partial charge in [-0.25, -0.2) is 4.39 Å². The number of nitrogens with one attached hydrogen (secondary N) is 1. The molecule has 0 saturated carbocycles. The van der Waals surface area contributed by atoms with Crippen LogP contribution in [0, 0.1) is 5.82 Å². The summed E-state index contributed by atoms with van der Waals surface area (Å²) in [5, 5.41) is 5.35. The van der Waals surface area contributed by atoms with Gasteiger partial charge in [0.05, 0.1) is 11.0 Å². The number of anilines is 2. The predicted molar refractivity (Wildman–Crippen MR) is 110 cm³/mol. The molecule has 0 fully saturated rings. The van der Waals surface area contributed by atoms with Crippen LogP contribution < -0.4 is 5.32 Å². The van der Waals surface area contributed by atoms with Crippen molar-refractivity contribution in [2.75, 3.05) is 5.32 Å². The largest absolute Gasteiger partial charge is 0.356 e. The Labute approximate surface area is 156 Å². The molecule has 0 atom stereocenters. The van der Waals surface area contributed by atoms with Crippen molar-refractivity contribution in [2.24, 2.45) is 0 Å². The van der Waals surface area contributed by atoms with Crippen molar-refractivity contribution in [3.63, 3.8) is 0 Å². The summed E-state index contributed by atoms with van der Waals surface area (Å²) in [7, 11) is 0. The van der Waals surface area contributed by atoms with Gasteiger partial charge in [-0.3, -0.25) is 0 Å². The standard InChI is InChI=1S/C24H17FN2/c25-17-11-13-23-21(15-17)22-16-19(26-18-7-3-1-4-8-18)12-14-24(22)27(23)20-9-5-2-6-10-20/h1-16,26H. The fourth-order valence-corrected chi connectivity index (χ4v) is 3.62. The molecule has 0 spiro atoms. The minimum atomic E-state index is -0.226.